The Balaban J connectivity index is 2.06. The van der Waals surface area contributed by atoms with Gasteiger partial charge in [0, 0.05) is 25.7 Å². The first-order valence-corrected chi connectivity index (χ1v) is 6.77. The van der Waals surface area contributed by atoms with Gasteiger partial charge >= 0.3 is 0 Å². The molecular weight excluding hydrogens is 216 g/mol. The summed E-state index contributed by atoms with van der Waals surface area (Å²) in [6, 6.07) is 0.226. The summed E-state index contributed by atoms with van der Waals surface area (Å²) in [4.78, 5) is 14.5. The van der Waals surface area contributed by atoms with Crippen molar-refractivity contribution < 1.29 is 9.53 Å². The summed E-state index contributed by atoms with van der Waals surface area (Å²) in [5, 5.41) is 0. The minimum atomic E-state index is 0.0503. The van der Waals surface area contributed by atoms with Crippen LogP contribution in [0, 0.1) is 11.8 Å². The molecule has 2 fully saturated rings. The molecule has 1 amide bonds. The normalized spacial score (nSPS) is 38.4. The van der Waals surface area contributed by atoms with Crippen molar-refractivity contribution in [2.75, 3.05) is 19.7 Å². The van der Waals surface area contributed by atoms with Crippen molar-refractivity contribution in [3.63, 3.8) is 0 Å². The van der Waals surface area contributed by atoms with Gasteiger partial charge < -0.3 is 15.4 Å². The molecule has 2 saturated heterocycles. The van der Waals surface area contributed by atoms with Gasteiger partial charge in [-0.05, 0) is 32.1 Å². The second-order valence-electron chi connectivity index (χ2n) is 5.43. The number of nitrogens with two attached hydrogens (primary N) is 1. The van der Waals surface area contributed by atoms with Crippen molar-refractivity contribution in [3.8, 4) is 0 Å². The smallest absolute Gasteiger partial charge is 0.228 e. The molecule has 2 aliphatic rings. The molecule has 0 saturated carbocycles. The molecule has 2 heterocycles. The summed E-state index contributed by atoms with van der Waals surface area (Å²) in [6.07, 6.45) is 3.22. The second kappa shape index (κ2) is 5.36. The Hall–Kier alpha value is -0.610. The molecule has 0 bridgehead atoms. The Morgan fingerprint density at radius 3 is 2.76 bits per heavy atom. The summed E-state index contributed by atoms with van der Waals surface area (Å²) in [5.74, 6) is 0.835. The summed E-state index contributed by atoms with van der Waals surface area (Å²) < 4.78 is 5.49. The second-order valence-corrected chi connectivity index (χ2v) is 5.43. The van der Waals surface area contributed by atoms with Gasteiger partial charge in [0.2, 0.25) is 5.91 Å². The van der Waals surface area contributed by atoms with Crippen LogP contribution in [0.25, 0.3) is 0 Å². The van der Waals surface area contributed by atoms with E-state index in [-0.39, 0.29) is 24.0 Å². The van der Waals surface area contributed by atoms with Crippen molar-refractivity contribution >= 4 is 5.91 Å². The Morgan fingerprint density at radius 2 is 2.18 bits per heavy atom. The topological polar surface area (TPSA) is 55.6 Å². The number of ether oxygens (including phenoxy) is 1. The molecule has 98 valence electrons. The first-order chi connectivity index (χ1) is 8.15. The first kappa shape index (κ1) is 12.8. The van der Waals surface area contributed by atoms with E-state index in [2.05, 4.69) is 6.92 Å². The van der Waals surface area contributed by atoms with Gasteiger partial charge in [-0.2, -0.15) is 0 Å². The van der Waals surface area contributed by atoms with E-state index in [0.717, 1.165) is 19.4 Å². The van der Waals surface area contributed by atoms with E-state index in [1.165, 1.54) is 6.42 Å². The first-order valence-electron chi connectivity index (χ1n) is 6.77. The molecule has 0 radical (unpaired) electrons. The van der Waals surface area contributed by atoms with E-state index in [1.807, 2.05) is 11.8 Å². The van der Waals surface area contributed by atoms with Gasteiger partial charge in [-0.15, -0.1) is 0 Å². The molecule has 0 aromatic carbocycles. The highest BCUT2D eigenvalue weighted by Crippen LogP contribution is 2.28. The number of amides is 1. The third-order valence-corrected chi connectivity index (χ3v) is 4.33. The highest BCUT2D eigenvalue weighted by Gasteiger charge is 2.38. The monoisotopic (exact) mass is 240 g/mol. The molecule has 17 heavy (non-hydrogen) atoms. The largest absolute Gasteiger partial charge is 0.378 e. The maximum absolute atomic E-state index is 12.5. The summed E-state index contributed by atoms with van der Waals surface area (Å²) in [5.41, 5.74) is 5.83. The van der Waals surface area contributed by atoms with Crippen LogP contribution in [0.1, 0.15) is 33.1 Å². The van der Waals surface area contributed by atoms with Crippen molar-refractivity contribution in [1.29, 1.82) is 0 Å². The van der Waals surface area contributed by atoms with Gasteiger partial charge in [-0.3, -0.25) is 4.79 Å². The minimum absolute atomic E-state index is 0.0503. The van der Waals surface area contributed by atoms with Crippen LogP contribution in [-0.2, 0) is 9.53 Å². The molecule has 2 aliphatic heterocycles. The van der Waals surface area contributed by atoms with E-state index in [9.17, 15) is 4.79 Å². The Kier molecular flexibility index (Phi) is 4.05. The van der Waals surface area contributed by atoms with Crippen LogP contribution in [0.3, 0.4) is 0 Å². The number of likely N-dealkylation sites (tertiary alicyclic amines) is 1. The van der Waals surface area contributed by atoms with Crippen LogP contribution >= 0.6 is 0 Å². The molecular formula is C13H24N2O2. The lowest BCUT2D eigenvalue weighted by molar-refractivity contribution is -0.141. The highest BCUT2D eigenvalue weighted by molar-refractivity contribution is 5.80. The molecule has 0 aromatic rings. The fourth-order valence-electron chi connectivity index (χ4n) is 3.15. The van der Waals surface area contributed by atoms with E-state index in [0.29, 0.717) is 19.1 Å². The van der Waals surface area contributed by atoms with Crippen molar-refractivity contribution in [2.45, 2.75) is 45.3 Å². The Labute approximate surface area is 103 Å². The number of nitrogens with zero attached hydrogens (tertiary/aromatic N) is 1. The van der Waals surface area contributed by atoms with Gasteiger partial charge in [-0.1, -0.05) is 6.92 Å². The van der Waals surface area contributed by atoms with Gasteiger partial charge in [0.05, 0.1) is 12.0 Å². The van der Waals surface area contributed by atoms with Crippen molar-refractivity contribution in [1.82, 2.24) is 4.90 Å². The standard InChI is InChI=1S/C13H24N2O2/c1-9-4-3-6-15(12(9)8-14)13(16)11-5-7-17-10(11)2/h9-12H,3-8,14H2,1-2H3. The number of carbonyl (C=O) groups is 1. The van der Waals surface area contributed by atoms with Gasteiger partial charge in [0.15, 0.2) is 0 Å². The minimum Gasteiger partial charge on any atom is -0.378 e. The number of piperidine rings is 1. The SMILES string of the molecule is CC1CCCN(C(=O)C2CCOC2C)C1CN. The number of carbonyl (C=O) groups excluding carboxylic acids is 1. The maximum atomic E-state index is 12.5. The zero-order valence-corrected chi connectivity index (χ0v) is 10.9. The van der Waals surface area contributed by atoms with E-state index >= 15 is 0 Å². The quantitative estimate of drug-likeness (QED) is 0.783. The molecule has 4 unspecified atom stereocenters. The number of rotatable bonds is 2. The van der Waals surface area contributed by atoms with Crippen LogP contribution in [0.2, 0.25) is 0 Å². The van der Waals surface area contributed by atoms with E-state index in [4.69, 9.17) is 10.5 Å². The lowest BCUT2D eigenvalue weighted by atomic mass is 9.89. The fraction of sp³-hybridized carbons (Fsp3) is 0.923. The zero-order valence-electron chi connectivity index (χ0n) is 10.9. The summed E-state index contributed by atoms with van der Waals surface area (Å²) in [7, 11) is 0. The molecule has 2 N–H and O–H groups in total. The van der Waals surface area contributed by atoms with Gasteiger partial charge in [0.1, 0.15) is 0 Å². The zero-order chi connectivity index (χ0) is 12.4. The molecule has 4 heteroatoms. The molecule has 4 nitrogen and oxygen atoms in total. The highest BCUT2D eigenvalue weighted by atomic mass is 16.5. The third-order valence-electron chi connectivity index (χ3n) is 4.33. The van der Waals surface area contributed by atoms with Crippen LogP contribution in [0.5, 0.6) is 0 Å². The maximum Gasteiger partial charge on any atom is 0.228 e. The average molecular weight is 240 g/mol. The molecule has 0 aliphatic carbocycles. The summed E-state index contributed by atoms with van der Waals surface area (Å²) >= 11 is 0. The van der Waals surface area contributed by atoms with Crippen molar-refractivity contribution in [2.24, 2.45) is 17.6 Å². The predicted octanol–water partition coefficient (Wildman–Crippen LogP) is 0.997. The number of hydrogen-bond acceptors (Lipinski definition) is 3. The molecule has 0 spiro atoms. The Bertz CT molecular complexity index is 283. The molecule has 2 rings (SSSR count). The van der Waals surface area contributed by atoms with Crippen LogP contribution in [0.4, 0.5) is 0 Å². The summed E-state index contributed by atoms with van der Waals surface area (Å²) in [6.45, 7) is 6.36. The van der Waals surface area contributed by atoms with Crippen LogP contribution in [-0.4, -0.2) is 42.6 Å². The average Bonchev–Trinajstić information content (AvgIpc) is 2.74. The van der Waals surface area contributed by atoms with Gasteiger partial charge in [-0.25, -0.2) is 0 Å². The third kappa shape index (κ3) is 2.47. The predicted molar refractivity (Wildman–Crippen MR) is 66.5 cm³/mol. The molecule has 4 atom stereocenters. The lowest BCUT2D eigenvalue weighted by Crippen LogP contribution is -2.53. The van der Waals surface area contributed by atoms with Crippen LogP contribution < -0.4 is 5.73 Å². The van der Waals surface area contributed by atoms with Crippen LogP contribution in [0.15, 0.2) is 0 Å². The number of hydrogen-bond donors (Lipinski definition) is 1. The molecule has 0 aromatic heterocycles. The van der Waals surface area contributed by atoms with E-state index in [1.54, 1.807) is 0 Å². The van der Waals surface area contributed by atoms with E-state index < -0.39 is 0 Å². The fourth-order valence-corrected chi connectivity index (χ4v) is 3.15. The van der Waals surface area contributed by atoms with Gasteiger partial charge in [0.25, 0.3) is 0 Å². The Morgan fingerprint density at radius 1 is 1.41 bits per heavy atom. The lowest BCUT2D eigenvalue weighted by Gasteiger charge is -2.41. The van der Waals surface area contributed by atoms with Crippen molar-refractivity contribution in [3.05, 3.63) is 0 Å².